The second-order valence-corrected chi connectivity index (χ2v) is 9.17. The monoisotopic (exact) mass is 445 g/mol. The third-order valence-corrected chi connectivity index (χ3v) is 6.93. The Balaban J connectivity index is 1.57. The van der Waals surface area contributed by atoms with Crippen LogP contribution >= 0.6 is 0 Å². The Kier molecular flexibility index (Phi) is 7.70. The van der Waals surface area contributed by atoms with Gasteiger partial charge in [0.25, 0.3) is 0 Å². The molecule has 2 aromatic carbocycles. The zero-order valence-corrected chi connectivity index (χ0v) is 17.8. The van der Waals surface area contributed by atoms with Crippen LogP contribution in [0.1, 0.15) is 41.6 Å². The van der Waals surface area contributed by atoms with Crippen LogP contribution in [0.3, 0.4) is 0 Å². The highest BCUT2D eigenvalue weighted by Crippen LogP contribution is 2.21. The van der Waals surface area contributed by atoms with Crippen molar-refractivity contribution in [1.82, 2.24) is 4.31 Å². The number of rotatable bonds is 7. The fourth-order valence-corrected chi connectivity index (χ4v) is 4.81. The Labute approximate surface area is 181 Å². The Hall–Kier alpha value is -2.84. The van der Waals surface area contributed by atoms with E-state index in [9.17, 15) is 22.4 Å². The molecule has 1 heterocycles. The number of benzene rings is 2. The van der Waals surface area contributed by atoms with Gasteiger partial charge in [0.05, 0.1) is 10.5 Å². The lowest BCUT2D eigenvalue weighted by Crippen LogP contribution is -2.31. The summed E-state index contributed by atoms with van der Waals surface area (Å²) < 4.78 is 45.5. The van der Waals surface area contributed by atoms with Crippen molar-refractivity contribution in [2.45, 2.75) is 30.6 Å². The third kappa shape index (κ3) is 6.08. The van der Waals surface area contributed by atoms with E-state index < -0.39 is 34.2 Å². The van der Waals surface area contributed by atoms with Crippen molar-refractivity contribution in [3.63, 3.8) is 0 Å². The lowest BCUT2D eigenvalue weighted by atomic mass is 10.1. The summed E-state index contributed by atoms with van der Waals surface area (Å²) in [6.07, 6.45) is 6.39. The average Bonchev–Trinajstić information content (AvgIpc) is 3.07. The number of esters is 1. The topological polar surface area (TPSA) is 80.8 Å². The molecule has 0 unspecified atom stereocenters. The SMILES string of the molecule is O=C(/C=C/c1ccc(S(=O)(=O)N2CCCCCC2)cc1)OCC(=O)c1ccccc1F. The number of nitrogens with zero attached hydrogens (tertiary/aromatic N) is 1. The Bertz CT molecular complexity index is 1060. The second-order valence-electron chi connectivity index (χ2n) is 7.23. The number of carbonyl (C=O) groups excluding carboxylic acids is 2. The summed E-state index contributed by atoms with van der Waals surface area (Å²) in [6, 6.07) is 11.7. The Morgan fingerprint density at radius 1 is 0.968 bits per heavy atom. The van der Waals surface area contributed by atoms with E-state index in [4.69, 9.17) is 4.74 Å². The Morgan fingerprint density at radius 2 is 1.61 bits per heavy atom. The molecule has 1 fully saturated rings. The lowest BCUT2D eigenvalue weighted by molar-refractivity contribution is -0.136. The van der Waals surface area contributed by atoms with Crippen LogP contribution in [0.2, 0.25) is 0 Å². The third-order valence-electron chi connectivity index (χ3n) is 5.01. The van der Waals surface area contributed by atoms with Crippen LogP contribution in [0.15, 0.2) is 59.5 Å². The molecule has 0 atom stereocenters. The van der Waals surface area contributed by atoms with Gasteiger partial charge in [0.2, 0.25) is 15.8 Å². The second kappa shape index (κ2) is 10.5. The number of carbonyl (C=O) groups is 2. The van der Waals surface area contributed by atoms with E-state index >= 15 is 0 Å². The van der Waals surface area contributed by atoms with Crippen molar-refractivity contribution >= 4 is 27.9 Å². The van der Waals surface area contributed by atoms with E-state index in [2.05, 4.69) is 0 Å². The molecule has 0 N–H and O–H groups in total. The number of hydrogen-bond donors (Lipinski definition) is 0. The van der Waals surface area contributed by atoms with Crippen molar-refractivity contribution in [1.29, 1.82) is 0 Å². The normalized spacial score (nSPS) is 15.5. The van der Waals surface area contributed by atoms with E-state index in [0.717, 1.165) is 37.8 Å². The Morgan fingerprint density at radius 3 is 2.26 bits per heavy atom. The summed E-state index contributed by atoms with van der Waals surface area (Å²) >= 11 is 0. The van der Waals surface area contributed by atoms with Gasteiger partial charge in [-0.05, 0) is 48.7 Å². The molecule has 2 aromatic rings. The zero-order chi connectivity index (χ0) is 22.3. The first kappa shape index (κ1) is 22.8. The van der Waals surface area contributed by atoms with Gasteiger partial charge in [-0.25, -0.2) is 17.6 Å². The van der Waals surface area contributed by atoms with E-state index in [0.29, 0.717) is 18.7 Å². The molecule has 0 aromatic heterocycles. The summed E-state index contributed by atoms with van der Waals surface area (Å²) in [6.45, 7) is 0.486. The maximum atomic E-state index is 13.6. The molecule has 3 rings (SSSR count). The quantitative estimate of drug-likeness (QED) is 0.368. The maximum Gasteiger partial charge on any atom is 0.331 e. The highest BCUT2D eigenvalue weighted by Gasteiger charge is 2.24. The van der Waals surface area contributed by atoms with Gasteiger partial charge < -0.3 is 4.74 Å². The number of ketones is 1. The summed E-state index contributed by atoms with van der Waals surface area (Å²) in [5.74, 6) is -2.07. The zero-order valence-electron chi connectivity index (χ0n) is 17.0. The highest BCUT2D eigenvalue weighted by molar-refractivity contribution is 7.89. The number of sulfonamides is 1. The first-order valence-corrected chi connectivity index (χ1v) is 11.5. The van der Waals surface area contributed by atoms with Crippen LogP contribution in [-0.4, -0.2) is 44.2 Å². The van der Waals surface area contributed by atoms with Crippen LogP contribution in [0, 0.1) is 5.82 Å². The molecular weight excluding hydrogens is 421 g/mol. The number of hydrogen-bond acceptors (Lipinski definition) is 5. The molecule has 0 bridgehead atoms. The molecular formula is C23H24FNO5S. The van der Waals surface area contributed by atoms with Crippen LogP contribution in [0.25, 0.3) is 6.08 Å². The van der Waals surface area contributed by atoms with Gasteiger partial charge in [0, 0.05) is 19.2 Å². The number of ether oxygens (including phenoxy) is 1. The minimum atomic E-state index is -3.53. The van der Waals surface area contributed by atoms with Crippen molar-refractivity contribution in [3.8, 4) is 0 Å². The van der Waals surface area contributed by atoms with Crippen molar-refractivity contribution in [2.24, 2.45) is 0 Å². The van der Waals surface area contributed by atoms with E-state index in [-0.39, 0.29) is 10.5 Å². The van der Waals surface area contributed by atoms with Gasteiger partial charge in [-0.1, -0.05) is 37.1 Å². The molecule has 6 nitrogen and oxygen atoms in total. The smallest absolute Gasteiger partial charge is 0.331 e. The molecule has 0 spiro atoms. The summed E-state index contributed by atoms with van der Waals surface area (Å²) in [5, 5.41) is 0. The van der Waals surface area contributed by atoms with Gasteiger partial charge in [0.15, 0.2) is 6.61 Å². The van der Waals surface area contributed by atoms with Crippen molar-refractivity contribution < 1.29 is 27.1 Å². The summed E-state index contributed by atoms with van der Waals surface area (Å²) in [5.41, 5.74) is 0.465. The predicted molar refractivity (Wildman–Crippen MR) is 114 cm³/mol. The first-order valence-electron chi connectivity index (χ1n) is 10.1. The fraction of sp³-hybridized carbons (Fsp3) is 0.304. The molecule has 164 valence electrons. The average molecular weight is 446 g/mol. The number of Topliss-reactive ketones (excluding diaryl/α,β-unsaturated/α-hetero) is 1. The lowest BCUT2D eigenvalue weighted by Gasteiger charge is -2.19. The first-order chi connectivity index (χ1) is 14.9. The highest BCUT2D eigenvalue weighted by atomic mass is 32.2. The predicted octanol–water partition coefficient (Wildman–Crippen LogP) is 3.83. The van der Waals surface area contributed by atoms with Crippen LogP contribution in [-0.2, 0) is 19.6 Å². The van der Waals surface area contributed by atoms with Crippen molar-refractivity contribution in [3.05, 3.63) is 71.6 Å². The van der Waals surface area contributed by atoms with Gasteiger partial charge in [-0.15, -0.1) is 0 Å². The van der Waals surface area contributed by atoms with E-state index in [1.807, 2.05) is 0 Å². The molecule has 0 amide bonds. The minimum Gasteiger partial charge on any atom is -0.454 e. The molecule has 8 heteroatoms. The van der Waals surface area contributed by atoms with Crippen LogP contribution in [0.4, 0.5) is 4.39 Å². The number of halogens is 1. The molecule has 0 aliphatic carbocycles. The van der Waals surface area contributed by atoms with Gasteiger partial charge in [-0.3, -0.25) is 4.79 Å². The van der Waals surface area contributed by atoms with Gasteiger partial charge in [-0.2, -0.15) is 4.31 Å². The molecule has 1 aliphatic rings. The van der Waals surface area contributed by atoms with Crippen LogP contribution < -0.4 is 0 Å². The standard InChI is InChI=1S/C23H24FNO5S/c24-21-8-4-3-7-20(21)22(26)17-30-23(27)14-11-18-9-12-19(13-10-18)31(28,29)25-15-5-1-2-6-16-25/h3-4,7-14H,1-2,5-6,15-17H2/b14-11+. The van der Waals surface area contributed by atoms with E-state index in [1.165, 1.54) is 40.7 Å². The van der Waals surface area contributed by atoms with Gasteiger partial charge in [0.1, 0.15) is 5.82 Å². The van der Waals surface area contributed by atoms with Crippen LogP contribution in [0.5, 0.6) is 0 Å². The molecule has 0 saturated carbocycles. The van der Waals surface area contributed by atoms with Gasteiger partial charge >= 0.3 is 5.97 Å². The molecule has 1 saturated heterocycles. The largest absolute Gasteiger partial charge is 0.454 e. The molecule has 1 aliphatic heterocycles. The fourth-order valence-electron chi connectivity index (χ4n) is 3.30. The van der Waals surface area contributed by atoms with E-state index in [1.54, 1.807) is 12.1 Å². The summed E-state index contributed by atoms with van der Waals surface area (Å²) in [4.78, 5) is 24.0. The maximum absolute atomic E-state index is 13.6. The minimum absolute atomic E-state index is 0.138. The molecule has 0 radical (unpaired) electrons. The molecule has 31 heavy (non-hydrogen) atoms. The van der Waals surface area contributed by atoms with Crippen molar-refractivity contribution in [2.75, 3.05) is 19.7 Å². The summed E-state index contributed by atoms with van der Waals surface area (Å²) in [7, 11) is -3.53.